The monoisotopic (exact) mass is 721 g/mol. The Balaban J connectivity index is 1.09. The van der Waals surface area contributed by atoms with E-state index in [4.69, 9.17) is 37.5 Å². The Labute approximate surface area is 299 Å². The summed E-state index contributed by atoms with van der Waals surface area (Å²) in [6.45, 7) is 1.49. The van der Waals surface area contributed by atoms with E-state index in [-0.39, 0.29) is 46.4 Å². The minimum absolute atomic E-state index is 0.116. The Morgan fingerprint density at radius 2 is 1.80 bits per heavy atom. The highest BCUT2D eigenvalue weighted by Gasteiger charge is 2.31. The molecule has 0 spiro atoms. The van der Waals surface area contributed by atoms with Gasteiger partial charge in [0.25, 0.3) is 5.91 Å². The van der Waals surface area contributed by atoms with E-state index < -0.39 is 11.9 Å². The largest absolute Gasteiger partial charge is 0.496 e. The Morgan fingerprint density at radius 3 is 2.56 bits per heavy atom. The van der Waals surface area contributed by atoms with Gasteiger partial charge in [-0.2, -0.15) is 0 Å². The molecule has 1 atom stereocenters. The summed E-state index contributed by atoms with van der Waals surface area (Å²) in [6.07, 6.45) is 4.33. The van der Waals surface area contributed by atoms with E-state index in [9.17, 15) is 9.59 Å². The minimum atomic E-state index is -0.719. The van der Waals surface area contributed by atoms with E-state index >= 15 is 4.39 Å². The Kier molecular flexibility index (Phi) is 9.76. The third kappa shape index (κ3) is 6.43. The Hall–Kier alpha value is -4.16. The van der Waals surface area contributed by atoms with Crippen LogP contribution >= 0.6 is 23.2 Å². The van der Waals surface area contributed by atoms with Gasteiger partial charge in [-0.1, -0.05) is 60.0 Å². The van der Waals surface area contributed by atoms with Gasteiger partial charge < -0.3 is 29.1 Å². The molecule has 3 aliphatic rings. The van der Waals surface area contributed by atoms with Crippen molar-refractivity contribution in [2.45, 2.75) is 57.7 Å². The van der Waals surface area contributed by atoms with Crippen LogP contribution in [-0.4, -0.2) is 47.0 Å². The molecule has 2 N–H and O–H groups in total. The van der Waals surface area contributed by atoms with Crippen LogP contribution in [0.15, 0.2) is 42.5 Å². The lowest BCUT2D eigenvalue weighted by Crippen LogP contribution is -2.29. The van der Waals surface area contributed by atoms with Crippen molar-refractivity contribution in [3.8, 4) is 22.6 Å². The molecule has 4 aromatic rings. The number of rotatable bonds is 10. The number of hydrogen-bond donors (Lipinski definition) is 2. The van der Waals surface area contributed by atoms with Gasteiger partial charge in [-0.15, -0.1) is 5.48 Å². The number of fused-ring (bicyclic) bond motifs is 2. The number of aromatic nitrogens is 2. The number of carbonyl (C=O) groups excluding carboxylic acids is 2. The van der Waals surface area contributed by atoms with Crippen molar-refractivity contribution < 1.29 is 28.3 Å². The van der Waals surface area contributed by atoms with E-state index in [0.717, 1.165) is 65.9 Å². The summed E-state index contributed by atoms with van der Waals surface area (Å²) in [7, 11) is 5.34. The topological polar surface area (TPSA) is 107 Å². The summed E-state index contributed by atoms with van der Waals surface area (Å²) in [5.41, 5.74) is 8.80. The number of likely N-dealkylation sites (N-methyl/N-ethyl adjacent to an activating group) is 1. The summed E-state index contributed by atoms with van der Waals surface area (Å²) >= 11 is 13.5. The molecule has 1 aliphatic heterocycles. The normalized spacial score (nSPS) is 17.1. The predicted octanol–water partition coefficient (Wildman–Crippen LogP) is 7.20. The molecule has 7 rings (SSSR count). The average Bonchev–Trinajstić information content (AvgIpc) is 3.64. The molecule has 1 aromatic heterocycles. The average molecular weight is 723 g/mol. The summed E-state index contributed by atoms with van der Waals surface area (Å²) in [5, 5.41) is 3.20. The first-order valence-corrected chi connectivity index (χ1v) is 17.5. The molecule has 0 radical (unpaired) electrons. The zero-order valence-corrected chi connectivity index (χ0v) is 29.6. The van der Waals surface area contributed by atoms with Crippen molar-refractivity contribution in [2.75, 3.05) is 26.0 Å². The molecule has 3 aromatic carbocycles. The van der Waals surface area contributed by atoms with Crippen molar-refractivity contribution in [3.05, 3.63) is 92.2 Å². The fourth-order valence-corrected chi connectivity index (χ4v) is 7.47. The maximum Gasteiger partial charge on any atom is 0.327 e. The predicted molar refractivity (Wildman–Crippen MR) is 188 cm³/mol. The van der Waals surface area contributed by atoms with Crippen LogP contribution < -0.4 is 20.3 Å². The van der Waals surface area contributed by atoms with Crippen molar-refractivity contribution in [3.63, 3.8) is 0 Å². The van der Waals surface area contributed by atoms with Crippen LogP contribution in [0.2, 0.25) is 10.0 Å². The molecule has 10 nitrogen and oxygen atoms in total. The number of amides is 1. The quantitative estimate of drug-likeness (QED) is 0.166. The number of benzene rings is 3. The summed E-state index contributed by atoms with van der Waals surface area (Å²) < 4.78 is 29.3. The van der Waals surface area contributed by atoms with Gasteiger partial charge in [-0.25, -0.2) is 9.37 Å². The number of nitrogens with zero attached hydrogens (tertiary/aromatic N) is 3. The van der Waals surface area contributed by atoms with Crippen LogP contribution in [0, 0.1) is 11.7 Å². The molecule has 50 heavy (non-hydrogen) atoms. The van der Waals surface area contributed by atoms with E-state index in [0.29, 0.717) is 35.9 Å². The molecule has 1 amide bonds. The highest BCUT2D eigenvalue weighted by atomic mass is 35.5. The van der Waals surface area contributed by atoms with Crippen LogP contribution in [0.5, 0.6) is 11.5 Å². The fraction of sp³-hybridized carbons (Fsp3) is 0.378. The molecular weight excluding hydrogens is 684 g/mol. The van der Waals surface area contributed by atoms with Crippen molar-refractivity contribution in [1.82, 2.24) is 19.9 Å². The number of carbonyl (C=O) groups is 2. The molecule has 1 fully saturated rings. The molecule has 0 bridgehead atoms. The van der Waals surface area contributed by atoms with Gasteiger partial charge in [0, 0.05) is 49.4 Å². The number of imidazole rings is 1. The number of hydrogen-bond acceptors (Lipinski definition) is 8. The van der Waals surface area contributed by atoms with E-state index in [1.165, 1.54) is 7.11 Å². The zero-order valence-electron chi connectivity index (χ0n) is 28.1. The first kappa shape index (κ1) is 34.3. The molecule has 2 aliphatic carbocycles. The first-order valence-electron chi connectivity index (χ1n) is 16.7. The van der Waals surface area contributed by atoms with Gasteiger partial charge in [0.2, 0.25) is 0 Å². The van der Waals surface area contributed by atoms with E-state index in [1.807, 2.05) is 49.0 Å². The number of hydroxylamine groups is 1. The molecule has 1 unspecified atom stereocenters. The SMILES string of the molecule is COc1cc(OC2CCc3c(-c4cccc(NC(=O)c5nc6c(n5C)CCN(C)C6)c4Cl)cccc32)c(Cl)c(F)c1CNOC(=O)C1CCC1. The third-order valence-electron chi connectivity index (χ3n) is 9.99. The van der Waals surface area contributed by atoms with Crippen LogP contribution in [0.4, 0.5) is 10.1 Å². The maximum atomic E-state index is 15.6. The van der Waals surface area contributed by atoms with Gasteiger partial charge >= 0.3 is 5.97 Å². The highest BCUT2D eigenvalue weighted by Crippen LogP contribution is 2.45. The second kappa shape index (κ2) is 14.2. The van der Waals surface area contributed by atoms with Gasteiger partial charge in [0.05, 0.1) is 36.0 Å². The van der Waals surface area contributed by atoms with Crippen LogP contribution in [0.25, 0.3) is 11.1 Å². The van der Waals surface area contributed by atoms with Gasteiger partial charge in [-0.05, 0) is 55.5 Å². The van der Waals surface area contributed by atoms with Crippen LogP contribution in [0.3, 0.4) is 0 Å². The third-order valence-corrected chi connectivity index (χ3v) is 10.7. The fourth-order valence-electron chi connectivity index (χ4n) is 6.98. The number of halogens is 3. The van der Waals surface area contributed by atoms with Gasteiger partial charge in [-0.3, -0.25) is 9.59 Å². The Morgan fingerprint density at radius 1 is 1.02 bits per heavy atom. The second-order valence-electron chi connectivity index (χ2n) is 13.1. The molecule has 0 saturated heterocycles. The number of anilines is 1. The summed E-state index contributed by atoms with van der Waals surface area (Å²) in [6, 6.07) is 13.0. The van der Waals surface area contributed by atoms with Crippen molar-refractivity contribution in [1.29, 1.82) is 0 Å². The van der Waals surface area contributed by atoms with E-state index in [1.54, 1.807) is 12.1 Å². The number of nitrogens with one attached hydrogen (secondary N) is 2. The highest BCUT2D eigenvalue weighted by molar-refractivity contribution is 6.36. The first-order chi connectivity index (χ1) is 24.1. The summed E-state index contributed by atoms with van der Waals surface area (Å²) in [5.74, 6) is -0.815. The van der Waals surface area contributed by atoms with Crippen molar-refractivity contribution >= 4 is 40.8 Å². The molecule has 1 saturated carbocycles. The molecule has 2 heterocycles. The van der Waals surface area contributed by atoms with Gasteiger partial charge in [0.1, 0.15) is 22.6 Å². The van der Waals surface area contributed by atoms with E-state index in [2.05, 4.69) is 20.7 Å². The Bertz CT molecular complexity index is 1980. The maximum absolute atomic E-state index is 15.6. The van der Waals surface area contributed by atoms with Crippen LogP contribution in [-0.2, 0) is 42.6 Å². The molecule has 262 valence electrons. The minimum Gasteiger partial charge on any atom is -0.496 e. The molecular formula is C37H38Cl2FN5O5. The lowest BCUT2D eigenvalue weighted by Gasteiger charge is -2.23. The second-order valence-corrected chi connectivity index (χ2v) is 13.8. The summed E-state index contributed by atoms with van der Waals surface area (Å²) in [4.78, 5) is 37.5. The smallest absolute Gasteiger partial charge is 0.327 e. The standard InChI is InChI=1S/C37H38Cl2FN5O5/c1-44-16-15-28-27(19-44)42-35(45(28)2)36(46)43-26-12-6-11-24(32(26)38)21-9-5-10-23-22(21)13-14-29(23)49-31-17-30(48-3)25(34(40)33(31)39)18-41-50-37(47)20-7-4-8-20/h5-6,9-12,17,20,29,41H,4,7-8,13-16,18-19H2,1-3H3,(H,43,46). The van der Waals surface area contributed by atoms with Crippen molar-refractivity contribution in [2.24, 2.45) is 13.0 Å². The number of methoxy groups -OCH3 is 1. The van der Waals surface area contributed by atoms with Gasteiger partial charge in [0.15, 0.2) is 11.6 Å². The zero-order chi connectivity index (χ0) is 35.1. The number of ether oxygens (including phenoxy) is 2. The van der Waals surface area contributed by atoms with Crippen LogP contribution in [0.1, 0.15) is 70.5 Å². The lowest BCUT2D eigenvalue weighted by atomic mass is 9.86. The molecule has 13 heteroatoms. The lowest BCUT2D eigenvalue weighted by molar-refractivity contribution is -0.159.